The largest absolute Gasteiger partial charge is 0.508 e. The highest BCUT2D eigenvalue weighted by atomic mass is 28.4. The molecule has 7 nitrogen and oxygen atoms in total. The number of anilines is 1. The molecule has 1 aromatic rings. The van der Waals surface area contributed by atoms with E-state index >= 15 is 0 Å². The lowest BCUT2D eigenvalue weighted by atomic mass is 9.71. The van der Waals surface area contributed by atoms with E-state index in [1.807, 2.05) is 6.92 Å². The number of rotatable bonds is 8. The number of epoxide rings is 1. The number of benzene rings is 1. The van der Waals surface area contributed by atoms with Gasteiger partial charge in [-0.2, -0.15) is 0 Å². The zero-order chi connectivity index (χ0) is 26.1. The van der Waals surface area contributed by atoms with Gasteiger partial charge in [0, 0.05) is 5.56 Å². The van der Waals surface area contributed by atoms with Crippen LogP contribution in [-0.2, 0) is 19.5 Å². The number of aliphatic hydroxyl groups is 1. The number of nitrogens with zero attached hydrogens (tertiary/aromatic N) is 1. The summed E-state index contributed by atoms with van der Waals surface area (Å²) >= 11 is 0. The molecule has 0 aromatic heterocycles. The summed E-state index contributed by atoms with van der Waals surface area (Å²) in [7, 11) is -2.14. The Morgan fingerprint density at radius 2 is 1.92 bits per heavy atom. The van der Waals surface area contributed by atoms with Crippen LogP contribution in [-0.4, -0.2) is 55.1 Å². The van der Waals surface area contributed by atoms with Crippen LogP contribution >= 0.6 is 0 Å². The van der Waals surface area contributed by atoms with Crippen molar-refractivity contribution in [2.75, 3.05) is 11.5 Å². The summed E-state index contributed by atoms with van der Waals surface area (Å²) in [6.07, 6.45) is 2.17. The van der Waals surface area contributed by atoms with Gasteiger partial charge in [-0.15, -0.1) is 0 Å². The van der Waals surface area contributed by atoms with Gasteiger partial charge in [0.2, 0.25) is 0 Å². The molecule has 1 saturated heterocycles. The summed E-state index contributed by atoms with van der Waals surface area (Å²) in [6, 6.07) is 6.49. The molecule has 2 aliphatic heterocycles. The Labute approximate surface area is 213 Å². The Morgan fingerprint density at radius 3 is 2.56 bits per heavy atom. The Morgan fingerprint density at radius 1 is 1.25 bits per heavy atom. The van der Waals surface area contributed by atoms with Gasteiger partial charge in [-0.05, 0) is 55.4 Å². The quantitative estimate of drug-likeness (QED) is 0.237. The average molecular weight is 508 g/mol. The van der Waals surface area contributed by atoms with Gasteiger partial charge in [0.15, 0.2) is 25.6 Å². The maximum absolute atomic E-state index is 13.4. The fraction of sp³-hybridized carbons (Fsp3) is 0.464. The molecule has 0 unspecified atom stereocenters. The number of hydrogen-bond donors (Lipinski definition) is 2. The van der Waals surface area contributed by atoms with Crippen LogP contribution in [0.4, 0.5) is 10.5 Å². The molecular formula is C28H33NO6Si. The van der Waals surface area contributed by atoms with Crippen molar-refractivity contribution in [3.05, 3.63) is 48.6 Å². The van der Waals surface area contributed by atoms with Gasteiger partial charge in [0.05, 0.1) is 11.8 Å². The predicted molar refractivity (Wildman–Crippen MR) is 140 cm³/mol. The summed E-state index contributed by atoms with van der Waals surface area (Å²) in [4.78, 5) is 14.9. The van der Waals surface area contributed by atoms with Crippen LogP contribution in [0.25, 0.3) is 0 Å². The number of phenols is 1. The topological polar surface area (TPSA) is 91.8 Å². The van der Waals surface area contributed by atoms with E-state index in [2.05, 4.69) is 51.0 Å². The SMILES string of the molecule is C=CCOC(=O)N1c2ccc(O)cc2[C@@]23O[C@@]2([C@@H](C)O[Si](CC)(CC)CC)[C@@H]1C#C/C=C\C#C[C@H]3O. The highest BCUT2D eigenvalue weighted by molar-refractivity contribution is 6.73. The first-order valence-electron chi connectivity index (χ1n) is 12.4. The van der Waals surface area contributed by atoms with Gasteiger partial charge in [-0.3, -0.25) is 4.90 Å². The number of amides is 1. The van der Waals surface area contributed by atoms with Gasteiger partial charge in [0.25, 0.3) is 0 Å². The Bertz CT molecular complexity index is 1190. The first-order chi connectivity index (χ1) is 17.3. The van der Waals surface area contributed by atoms with Crippen LogP contribution in [0.5, 0.6) is 5.75 Å². The van der Waals surface area contributed by atoms with Crippen LogP contribution in [0, 0.1) is 23.7 Å². The molecule has 2 heterocycles. The second kappa shape index (κ2) is 9.80. The molecule has 1 amide bonds. The molecule has 1 aromatic carbocycles. The predicted octanol–water partition coefficient (Wildman–Crippen LogP) is 4.22. The molecule has 0 saturated carbocycles. The van der Waals surface area contributed by atoms with Crippen molar-refractivity contribution in [2.24, 2.45) is 0 Å². The fourth-order valence-electron chi connectivity index (χ4n) is 5.63. The lowest BCUT2D eigenvalue weighted by molar-refractivity contribution is 0.0890. The van der Waals surface area contributed by atoms with Crippen molar-refractivity contribution >= 4 is 20.1 Å². The minimum atomic E-state index is -2.14. The summed E-state index contributed by atoms with van der Waals surface area (Å²) < 4.78 is 18.9. The van der Waals surface area contributed by atoms with E-state index in [9.17, 15) is 15.0 Å². The number of phenolic OH excluding ortho intramolecular Hbond substituents is 1. The molecule has 190 valence electrons. The first kappa shape index (κ1) is 26.1. The number of fused-ring (bicyclic) bond motifs is 1. The second-order valence-electron chi connectivity index (χ2n) is 9.29. The minimum absolute atomic E-state index is 0.0134. The van der Waals surface area contributed by atoms with E-state index in [0.29, 0.717) is 11.3 Å². The molecule has 1 fully saturated rings. The van der Waals surface area contributed by atoms with E-state index < -0.39 is 43.9 Å². The van der Waals surface area contributed by atoms with Gasteiger partial charge < -0.3 is 24.1 Å². The number of aromatic hydroxyl groups is 1. The summed E-state index contributed by atoms with van der Waals surface area (Å²) in [5.41, 5.74) is -1.74. The Balaban J connectivity index is 1.98. The minimum Gasteiger partial charge on any atom is -0.508 e. The monoisotopic (exact) mass is 507 g/mol. The normalized spacial score (nSPS) is 29.2. The first-order valence-corrected chi connectivity index (χ1v) is 14.9. The van der Waals surface area contributed by atoms with E-state index in [0.717, 1.165) is 18.1 Å². The summed E-state index contributed by atoms with van der Waals surface area (Å²) in [5, 5.41) is 21.9. The van der Waals surface area contributed by atoms with E-state index in [1.54, 1.807) is 18.2 Å². The molecule has 0 spiro atoms. The van der Waals surface area contributed by atoms with Crippen molar-refractivity contribution in [1.82, 2.24) is 0 Å². The molecule has 3 aliphatic rings. The van der Waals surface area contributed by atoms with E-state index in [1.165, 1.54) is 23.1 Å². The maximum Gasteiger partial charge on any atom is 0.415 e. The van der Waals surface area contributed by atoms with Crippen molar-refractivity contribution < 1.29 is 28.9 Å². The number of carbonyl (C=O) groups is 1. The number of aliphatic hydroxyl groups excluding tert-OH is 1. The lowest BCUT2D eigenvalue weighted by Gasteiger charge is -2.44. The van der Waals surface area contributed by atoms with Crippen LogP contribution in [0.2, 0.25) is 18.1 Å². The molecular weight excluding hydrogens is 474 g/mol. The smallest absolute Gasteiger partial charge is 0.415 e. The van der Waals surface area contributed by atoms with Gasteiger partial charge in [-0.1, -0.05) is 57.1 Å². The van der Waals surface area contributed by atoms with Crippen LogP contribution < -0.4 is 4.90 Å². The third-order valence-electron chi connectivity index (χ3n) is 7.73. The molecule has 5 atom stereocenters. The molecule has 36 heavy (non-hydrogen) atoms. The standard InChI is InChI=1S/C28H33NO6Si/c1-6-18-33-26(32)29-23-17-16-21(30)19-22(23)28-25(31)15-13-11-10-12-14-24(29)27(28,35-28)20(5)34-36(7-2,8-3)9-4/h6,10-11,16-17,19-20,24-25,30-31H,1,7-9,18H2,2-5H3/b11-10-/t20-,24+,25-,27+,28+/m1/s1. The van der Waals surface area contributed by atoms with Crippen molar-refractivity contribution in [3.8, 4) is 29.4 Å². The Kier molecular flexibility index (Phi) is 7.09. The number of allylic oxidation sites excluding steroid dienone is 2. The number of hydrogen-bond acceptors (Lipinski definition) is 6. The Hall–Kier alpha value is -3.01. The molecule has 0 radical (unpaired) electrons. The van der Waals surface area contributed by atoms with Crippen LogP contribution in [0.15, 0.2) is 43.0 Å². The van der Waals surface area contributed by atoms with Crippen molar-refractivity contribution in [3.63, 3.8) is 0 Å². The van der Waals surface area contributed by atoms with E-state index in [-0.39, 0.29) is 12.4 Å². The molecule has 2 bridgehead atoms. The van der Waals surface area contributed by atoms with Crippen LogP contribution in [0.3, 0.4) is 0 Å². The van der Waals surface area contributed by atoms with Crippen molar-refractivity contribution in [1.29, 1.82) is 0 Å². The third-order valence-corrected chi connectivity index (χ3v) is 12.5. The second-order valence-corrected chi connectivity index (χ2v) is 14.0. The van der Waals surface area contributed by atoms with Gasteiger partial charge >= 0.3 is 6.09 Å². The highest BCUT2D eigenvalue weighted by Gasteiger charge is 2.84. The summed E-state index contributed by atoms with van der Waals surface area (Å²) in [5.74, 6) is 11.8. The average Bonchev–Trinajstić information content (AvgIpc) is 3.61. The van der Waals surface area contributed by atoms with Gasteiger partial charge in [0.1, 0.15) is 18.4 Å². The zero-order valence-corrected chi connectivity index (χ0v) is 22.2. The van der Waals surface area contributed by atoms with Gasteiger partial charge in [-0.25, -0.2) is 4.79 Å². The number of ether oxygens (including phenoxy) is 2. The summed E-state index contributed by atoms with van der Waals surface area (Å²) in [6.45, 7) is 12.0. The molecule has 8 heteroatoms. The lowest BCUT2D eigenvalue weighted by Crippen LogP contribution is -2.62. The zero-order valence-electron chi connectivity index (χ0n) is 21.2. The third kappa shape index (κ3) is 3.77. The molecule has 2 N–H and O–H groups in total. The highest BCUT2D eigenvalue weighted by Crippen LogP contribution is 2.68. The molecule has 4 rings (SSSR count). The molecule has 1 aliphatic carbocycles. The maximum atomic E-state index is 13.4. The van der Waals surface area contributed by atoms with Crippen LogP contribution in [0.1, 0.15) is 33.3 Å². The number of carbonyl (C=O) groups excluding carboxylic acids is 1. The fourth-order valence-corrected chi connectivity index (χ4v) is 8.55. The van der Waals surface area contributed by atoms with E-state index in [4.69, 9.17) is 13.9 Å². The van der Waals surface area contributed by atoms with Crippen molar-refractivity contribution in [2.45, 2.75) is 75.3 Å².